The molecule has 0 unspecified atom stereocenters. The number of hydrogen-bond donors (Lipinski definition) is 0. The number of carbonyl (C=O) groups is 2. The van der Waals surface area contributed by atoms with Crippen molar-refractivity contribution in [3.8, 4) is 29.1 Å². The van der Waals surface area contributed by atoms with Gasteiger partial charge in [0.2, 0.25) is 11.5 Å². The van der Waals surface area contributed by atoms with E-state index in [1.54, 1.807) is 12.1 Å². The Hall–Kier alpha value is -2.13. The maximum Gasteiger partial charge on any atom is 0.255 e. The molecule has 1 aromatic rings. The molecular formula is C15H16O5S. The Labute approximate surface area is 128 Å². The third-order valence-corrected chi connectivity index (χ3v) is 3.30. The quantitative estimate of drug-likeness (QED) is 0.612. The van der Waals surface area contributed by atoms with Gasteiger partial charge in [0.05, 0.1) is 27.1 Å². The average molecular weight is 308 g/mol. The number of methoxy groups -OCH3 is 3. The van der Waals surface area contributed by atoms with Crippen LogP contribution in [0.4, 0.5) is 0 Å². The highest BCUT2D eigenvalue weighted by molar-refractivity contribution is 8.15. The minimum atomic E-state index is -0.491. The van der Waals surface area contributed by atoms with Gasteiger partial charge in [0, 0.05) is 12.5 Å². The maximum atomic E-state index is 11.1. The molecule has 0 aliphatic rings. The highest BCUT2D eigenvalue weighted by Crippen LogP contribution is 2.37. The Morgan fingerprint density at radius 3 is 2.10 bits per heavy atom. The molecule has 21 heavy (non-hydrogen) atoms. The summed E-state index contributed by atoms with van der Waals surface area (Å²) in [7, 11) is 4.57. The number of hydrogen-bond acceptors (Lipinski definition) is 6. The average Bonchev–Trinajstić information content (AvgIpc) is 2.49. The van der Waals surface area contributed by atoms with Gasteiger partial charge in [-0.25, -0.2) is 0 Å². The zero-order valence-electron chi connectivity index (χ0n) is 12.3. The van der Waals surface area contributed by atoms with Crippen LogP contribution in [0.3, 0.4) is 0 Å². The first-order chi connectivity index (χ1) is 10.0. The van der Waals surface area contributed by atoms with Gasteiger partial charge in [-0.15, -0.1) is 0 Å². The fourth-order valence-corrected chi connectivity index (χ4v) is 1.97. The lowest BCUT2D eigenvalue weighted by Crippen LogP contribution is -2.04. The lowest BCUT2D eigenvalue weighted by Gasteiger charge is -2.12. The number of carbonyl (C=O) groups excluding carboxylic acids is 2. The van der Waals surface area contributed by atoms with E-state index in [4.69, 9.17) is 14.2 Å². The summed E-state index contributed by atoms with van der Waals surface area (Å²) in [6, 6.07) is 3.43. The SMILES string of the molecule is COc1cc(C#CCSC(=O)C(C)=O)cc(OC)c1OC. The second-order valence-electron chi connectivity index (χ2n) is 3.85. The first-order valence-electron chi connectivity index (χ1n) is 6.00. The van der Waals surface area contributed by atoms with E-state index in [1.807, 2.05) is 0 Å². The van der Waals surface area contributed by atoms with E-state index in [2.05, 4.69) is 11.8 Å². The van der Waals surface area contributed by atoms with E-state index < -0.39 is 10.9 Å². The smallest absolute Gasteiger partial charge is 0.255 e. The van der Waals surface area contributed by atoms with Crippen LogP contribution in [0.25, 0.3) is 0 Å². The third-order valence-electron chi connectivity index (χ3n) is 2.46. The zero-order valence-corrected chi connectivity index (χ0v) is 13.1. The van der Waals surface area contributed by atoms with Gasteiger partial charge in [-0.1, -0.05) is 23.6 Å². The van der Waals surface area contributed by atoms with Gasteiger partial charge in [0.15, 0.2) is 11.5 Å². The molecule has 0 aliphatic heterocycles. The van der Waals surface area contributed by atoms with E-state index in [0.29, 0.717) is 22.8 Å². The Bertz CT molecular complexity index is 573. The molecule has 0 aliphatic carbocycles. The van der Waals surface area contributed by atoms with Crippen molar-refractivity contribution in [2.75, 3.05) is 27.1 Å². The highest BCUT2D eigenvalue weighted by Gasteiger charge is 2.12. The Kier molecular flexibility index (Phi) is 6.63. The number of ether oxygens (including phenoxy) is 3. The Morgan fingerprint density at radius 1 is 1.10 bits per heavy atom. The van der Waals surface area contributed by atoms with Crippen molar-refractivity contribution in [2.45, 2.75) is 6.92 Å². The van der Waals surface area contributed by atoms with E-state index in [0.717, 1.165) is 11.8 Å². The first kappa shape index (κ1) is 16.9. The topological polar surface area (TPSA) is 61.8 Å². The fraction of sp³-hybridized carbons (Fsp3) is 0.333. The van der Waals surface area contributed by atoms with Gasteiger partial charge in [-0.2, -0.15) is 0 Å². The van der Waals surface area contributed by atoms with Crippen molar-refractivity contribution >= 4 is 22.7 Å². The van der Waals surface area contributed by atoms with Crippen molar-refractivity contribution in [1.29, 1.82) is 0 Å². The largest absolute Gasteiger partial charge is 0.493 e. The van der Waals surface area contributed by atoms with Gasteiger partial charge in [-0.05, 0) is 12.1 Å². The van der Waals surface area contributed by atoms with Crippen LogP contribution in [0.2, 0.25) is 0 Å². The number of rotatable bonds is 5. The molecule has 0 bridgehead atoms. The second-order valence-corrected chi connectivity index (χ2v) is 4.80. The zero-order chi connectivity index (χ0) is 15.8. The summed E-state index contributed by atoms with van der Waals surface area (Å²) < 4.78 is 15.6. The van der Waals surface area contributed by atoms with Gasteiger partial charge in [0.1, 0.15) is 0 Å². The highest BCUT2D eigenvalue weighted by atomic mass is 32.2. The maximum absolute atomic E-state index is 11.1. The predicted molar refractivity (Wildman–Crippen MR) is 81.1 cm³/mol. The second kappa shape index (κ2) is 8.22. The normalized spacial score (nSPS) is 9.33. The number of thioether (sulfide) groups is 1. The Morgan fingerprint density at radius 2 is 1.67 bits per heavy atom. The summed E-state index contributed by atoms with van der Waals surface area (Å²) in [5.41, 5.74) is 0.667. The molecule has 5 nitrogen and oxygen atoms in total. The van der Waals surface area contributed by atoms with Crippen molar-refractivity contribution in [1.82, 2.24) is 0 Å². The monoisotopic (exact) mass is 308 g/mol. The fourth-order valence-electron chi connectivity index (χ4n) is 1.49. The van der Waals surface area contributed by atoms with E-state index in [1.165, 1.54) is 28.3 Å². The third kappa shape index (κ3) is 4.72. The van der Waals surface area contributed by atoms with E-state index in [-0.39, 0.29) is 5.75 Å². The summed E-state index contributed by atoms with van der Waals surface area (Å²) in [5, 5.41) is -0.491. The molecule has 0 radical (unpaired) electrons. The number of ketones is 1. The molecule has 0 heterocycles. The van der Waals surface area contributed by atoms with Crippen LogP contribution in [0.15, 0.2) is 12.1 Å². The molecule has 0 aromatic heterocycles. The van der Waals surface area contributed by atoms with Crippen LogP contribution >= 0.6 is 11.8 Å². The standard InChI is InChI=1S/C15H16O5S/c1-10(16)15(17)21-7-5-6-11-8-12(18-2)14(20-4)13(9-11)19-3/h8-9H,7H2,1-4H3. The minimum absolute atomic E-state index is 0.245. The first-order valence-corrected chi connectivity index (χ1v) is 6.98. The van der Waals surface area contributed by atoms with Crippen LogP contribution in [0.5, 0.6) is 17.2 Å². The molecule has 1 aromatic carbocycles. The summed E-state index contributed by atoms with van der Waals surface area (Å²) in [5.74, 6) is 6.98. The molecule has 0 amide bonds. The van der Waals surface area contributed by atoms with E-state index in [9.17, 15) is 9.59 Å². The van der Waals surface area contributed by atoms with Gasteiger partial charge < -0.3 is 14.2 Å². The lowest BCUT2D eigenvalue weighted by molar-refractivity contribution is -0.130. The van der Waals surface area contributed by atoms with Crippen molar-refractivity contribution in [3.05, 3.63) is 17.7 Å². The number of Topliss-reactive ketones (excluding diaryl/α,β-unsaturated/α-hetero) is 1. The lowest BCUT2D eigenvalue weighted by atomic mass is 10.2. The van der Waals surface area contributed by atoms with Crippen LogP contribution in [0, 0.1) is 11.8 Å². The summed E-state index contributed by atoms with van der Waals surface area (Å²) >= 11 is 0.882. The Balaban J connectivity index is 2.90. The van der Waals surface area contributed by atoms with Gasteiger partial charge in [0.25, 0.3) is 5.12 Å². The summed E-state index contributed by atoms with van der Waals surface area (Å²) in [6.45, 7) is 1.24. The molecule has 1 rings (SSSR count). The molecule has 0 atom stereocenters. The molecule has 0 saturated heterocycles. The molecule has 112 valence electrons. The van der Waals surface area contributed by atoms with Crippen LogP contribution in [-0.4, -0.2) is 38.0 Å². The van der Waals surface area contributed by atoms with Crippen molar-refractivity contribution in [3.63, 3.8) is 0 Å². The molecule has 6 heteroatoms. The summed E-state index contributed by atoms with van der Waals surface area (Å²) in [6.07, 6.45) is 0. The molecule has 0 saturated carbocycles. The van der Waals surface area contributed by atoms with Crippen LogP contribution in [0.1, 0.15) is 12.5 Å². The molecule has 0 fully saturated rings. The molecule has 0 N–H and O–H groups in total. The van der Waals surface area contributed by atoms with E-state index >= 15 is 0 Å². The van der Waals surface area contributed by atoms with Gasteiger partial charge in [-0.3, -0.25) is 9.59 Å². The van der Waals surface area contributed by atoms with Crippen molar-refractivity contribution in [2.24, 2.45) is 0 Å². The number of benzene rings is 1. The van der Waals surface area contributed by atoms with Crippen LogP contribution < -0.4 is 14.2 Å². The van der Waals surface area contributed by atoms with Crippen molar-refractivity contribution < 1.29 is 23.8 Å². The summed E-state index contributed by atoms with van der Waals surface area (Å²) in [4.78, 5) is 21.9. The minimum Gasteiger partial charge on any atom is -0.493 e. The molecular weight excluding hydrogens is 292 g/mol. The molecule has 0 spiro atoms. The van der Waals surface area contributed by atoms with Gasteiger partial charge >= 0.3 is 0 Å². The van der Waals surface area contributed by atoms with Crippen LogP contribution in [-0.2, 0) is 9.59 Å². The predicted octanol–water partition coefficient (Wildman–Crippen LogP) is 1.91.